The number of carbonyl (C=O) groups excluding carboxylic acids is 1. The summed E-state index contributed by atoms with van der Waals surface area (Å²) in [5.41, 5.74) is 6.14. The van der Waals surface area contributed by atoms with E-state index in [1.54, 1.807) is 4.52 Å². The molecule has 0 saturated carbocycles. The van der Waals surface area contributed by atoms with Crippen molar-refractivity contribution in [1.29, 1.82) is 0 Å². The first-order valence-electron chi connectivity index (χ1n) is 8.65. The molecule has 0 unspecified atom stereocenters. The van der Waals surface area contributed by atoms with Crippen LogP contribution < -0.4 is 0 Å². The van der Waals surface area contributed by atoms with Crippen LogP contribution in [0.3, 0.4) is 0 Å². The number of hydrogen-bond donors (Lipinski definition) is 1. The standard InChI is InChI=1S/C21H18N4OS/c1-13-3-7-15(8-4-13)17-11-19-18(22-23-21(27)25(19)24-17)12-20(26)16-9-5-14(2)6-10-16/h3-11H,12H2,1-2H3,(H,23,27). The molecule has 1 N–H and O–H groups in total. The van der Waals surface area contributed by atoms with Gasteiger partial charge in [0.15, 0.2) is 5.78 Å². The molecule has 0 radical (unpaired) electrons. The van der Waals surface area contributed by atoms with Crippen LogP contribution in [0.5, 0.6) is 0 Å². The van der Waals surface area contributed by atoms with E-state index in [1.165, 1.54) is 5.56 Å². The van der Waals surface area contributed by atoms with Gasteiger partial charge in [0.05, 0.1) is 23.3 Å². The van der Waals surface area contributed by atoms with Crippen molar-refractivity contribution >= 4 is 23.5 Å². The van der Waals surface area contributed by atoms with Gasteiger partial charge in [0.25, 0.3) is 0 Å². The number of aromatic amines is 1. The molecule has 4 aromatic rings. The number of carbonyl (C=O) groups is 1. The Morgan fingerprint density at radius 1 is 1.04 bits per heavy atom. The maximum Gasteiger partial charge on any atom is 0.215 e. The second-order valence-corrected chi connectivity index (χ2v) is 7.02. The maximum absolute atomic E-state index is 12.7. The normalized spacial score (nSPS) is 11.0. The number of Topliss-reactive ketones (excluding diaryl/α,β-unsaturated/α-hetero) is 1. The van der Waals surface area contributed by atoms with E-state index in [2.05, 4.69) is 15.3 Å². The van der Waals surface area contributed by atoms with E-state index in [1.807, 2.05) is 68.4 Å². The molecule has 2 heterocycles. The van der Waals surface area contributed by atoms with Gasteiger partial charge in [-0.05, 0) is 32.1 Å². The first-order valence-corrected chi connectivity index (χ1v) is 9.06. The molecule has 0 aliphatic rings. The molecule has 2 aromatic heterocycles. The smallest absolute Gasteiger partial charge is 0.215 e. The minimum absolute atomic E-state index is 0.00741. The van der Waals surface area contributed by atoms with E-state index in [-0.39, 0.29) is 12.2 Å². The number of fused-ring (bicyclic) bond motifs is 1. The molecule has 27 heavy (non-hydrogen) atoms. The fourth-order valence-electron chi connectivity index (χ4n) is 2.95. The van der Waals surface area contributed by atoms with Crippen molar-refractivity contribution in [2.24, 2.45) is 0 Å². The monoisotopic (exact) mass is 374 g/mol. The van der Waals surface area contributed by atoms with Crippen LogP contribution >= 0.6 is 12.2 Å². The predicted molar refractivity (Wildman–Crippen MR) is 108 cm³/mol. The summed E-state index contributed by atoms with van der Waals surface area (Å²) in [6, 6.07) is 17.6. The summed E-state index contributed by atoms with van der Waals surface area (Å²) in [5, 5.41) is 11.7. The number of nitrogens with zero attached hydrogens (tertiary/aromatic N) is 3. The van der Waals surface area contributed by atoms with Crippen LogP contribution in [0.4, 0.5) is 0 Å². The summed E-state index contributed by atoms with van der Waals surface area (Å²) < 4.78 is 2.03. The third-order valence-electron chi connectivity index (χ3n) is 4.53. The van der Waals surface area contributed by atoms with Gasteiger partial charge in [0, 0.05) is 11.1 Å². The molecule has 0 spiro atoms. The topological polar surface area (TPSA) is 63.0 Å². The average Bonchev–Trinajstić information content (AvgIpc) is 3.11. The molecule has 6 heteroatoms. The molecular formula is C21H18N4OS. The third kappa shape index (κ3) is 3.44. The lowest BCUT2D eigenvalue weighted by molar-refractivity contribution is 0.0992. The van der Waals surface area contributed by atoms with Gasteiger partial charge in [-0.2, -0.15) is 10.2 Å². The van der Waals surface area contributed by atoms with E-state index in [9.17, 15) is 4.79 Å². The lowest BCUT2D eigenvalue weighted by Crippen LogP contribution is -2.09. The molecule has 0 saturated heterocycles. The van der Waals surface area contributed by atoms with Gasteiger partial charge in [0.1, 0.15) is 0 Å². The van der Waals surface area contributed by atoms with Crippen LogP contribution in [0.1, 0.15) is 27.2 Å². The van der Waals surface area contributed by atoms with Gasteiger partial charge in [-0.1, -0.05) is 59.7 Å². The molecule has 0 aliphatic carbocycles. The highest BCUT2D eigenvalue weighted by atomic mass is 32.1. The SMILES string of the molecule is Cc1ccc(C(=O)Cc2n[nH]c(=S)n3nc(-c4ccc(C)cc4)cc23)cc1. The molecule has 0 fully saturated rings. The van der Waals surface area contributed by atoms with Gasteiger partial charge in [0.2, 0.25) is 4.77 Å². The highest BCUT2D eigenvalue weighted by Crippen LogP contribution is 2.22. The zero-order valence-corrected chi connectivity index (χ0v) is 15.9. The van der Waals surface area contributed by atoms with Gasteiger partial charge in [-0.3, -0.25) is 9.89 Å². The minimum atomic E-state index is 0.00741. The van der Waals surface area contributed by atoms with E-state index < -0.39 is 0 Å². The molecule has 0 atom stereocenters. The highest BCUT2D eigenvalue weighted by molar-refractivity contribution is 7.71. The molecule has 5 nitrogen and oxygen atoms in total. The Morgan fingerprint density at radius 2 is 1.67 bits per heavy atom. The molecule has 4 rings (SSSR count). The van der Waals surface area contributed by atoms with Gasteiger partial charge in [-0.25, -0.2) is 4.52 Å². The molecule has 134 valence electrons. The van der Waals surface area contributed by atoms with Gasteiger partial charge < -0.3 is 0 Å². The Bertz CT molecular complexity index is 1190. The summed E-state index contributed by atoms with van der Waals surface area (Å²) in [4.78, 5) is 12.7. The number of nitrogens with one attached hydrogen (secondary N) is 1. The number of aromatic nitrogens is 4. The van der Waals surface area contributed by atoms with Crippen LogP contribution in [0.25, 0.3) is 16.8 Å². The number of benzene rings is 2. The first-order chi connectivity index (χ1) is 13.0. The lowest BCUT2D eigenvalue weighted by Gasteiger charge is -2.03. The molecule has 0 amide bonds. The van der Waals surface area contributed by atoms with Crippen molar-refractivity contribution < 1.29 is 4.79 Å². The Balaban J connectivity index is 1.74. The summed E-state index contributed by atoms with van der Waals surface area (Å²) in [6.45, 7) is 4.04. The van der Waals surface area contributed by atoms with Crippen LogP contribution in [0.2, 0.25) is 0 Å². The van der Waals surface area contributed by atoms with E-state index >= 15 is 0 Å². The zero-order valence-electron chi connectivity index (χ0n) is 15.1. The molecule has 2 aromatic carbocycles. The Kier molecular flexibility index (Phi) is 4.41. The molecule has 0 bridgehead atoms. The number of aryl methyl sites for hydroxylation is 2. The zero-order chi connectivity index (χ0) is 19.0. The number of rotatable bonds is 4. The Morgan fingerprint density at radius 3 is 2.33 bits per heavy atom. The maximum atomic E-state index is 12.7. The van der Waals surface area contributed by atoms with Crippen molar-refractivity contribution in [1.82, 2.24) is 19.8 Å². The van der Waals surface area contributed by atoms with Gasteiger partial charge >= 0.3 is 0 Å². The molecular weight excluding hydrogens is 356 g/mol. The van der Waals surface area contributed by atoms with E-state index in [0.29, 0.717) is 16.0 Å². The lowest BCUT2D eigenvalue weighted by atomic mass is 10.0. The average molecular weight is 374 g/mol. The Hall–Kier alpha value is -3.12. The molecule has 0 aliphatic heterocycles. The highest BCUT2D eigenvalue weighted by Gasteiger charge is 2.15. The summed E-state index contributed by atoms with van der Waals surface area (Å²) >= 11 is 5.32. The van der Waals surface area contributed by atoms with Crippen molar-refractivity contribution in [2.45, 2.75) is 20.3 Å². The van der Waals surface area contributed by atoms with Gasteiger partial charge in [-0.15, -0.1) is 0 Å². The second-order valence-electron chi connectivity index (χ2n) is 6.63. The fraction of sp³-hybridized carbons (Fsp3) is 0.143. The van der Waals surface area contributed by atoms with Crippen LogP contribution in [0.15, 0.2) is 54.6 Å². The van der Waals surface area contributed by atoms with E-state index in [4.69, 9.17) is 12.2 Å². The summed E-state index contributed by atoms with van der Waals surface area (Å²) in [5.74, 6) is 0.00741. The van der Waals surface area contributed by atoms with Crippen LogP contribution in [-0.4, -0.2) is 25.6 Å². The Labute approximate surface area is 161 Å². The number of H-pyrrole nitrogens is 1. The number of hydrogen-bond acceptors (Lipinski definition) is 4. The van der Waals surface area contributed by atoms with Crippen LogP contribution in [-0.2, 0) is 6.42 Å². The van der Waals surface area contributed by atoms with E-state index in [0.717, 1.165) is 22.3 Å². The van der Waals surface area contributed by atoms with Crippen molar-refractivity contribution in [3.8, 4) is 11.3 Å². The summed E-state index contributed by atoms with van der Waals surface area (Å²) in [7, 11) is 0. The minimum Gasteiger partial charge on any atom is -0.294 e. The van der Waals surface area contributed by atoms with Crippen molar-refractivity contribution in [3.63, 3.8) is 0 Å². The summed E-state index contributed by atoms with van der Waals surface area (Å²) in [6.07, 6.45) is 0.178. The predicted octanol–water partition coefficient (Wildman–Crippen LogP) is 4.50. The second kappa shape index (κ2) is 6.89. The van der Waals surface area contributed by atoms with Crippen molar-refractivity contribution in [3.05, 3.63) is 81.8 Å². The third-order valence-corrected chi connectivity index (χ3v) is 4.80. The quantitative estimate of drug-likeness (QED) is 0.422. The first kappa shape index (κ1) is 17.3. The number of ketones is 1. The largest absolute Gasteiger partial charge is 0.294 e. The van der Waals surface area contributed by atoms with Crippen LogP contribution in [0, 0.1) is 18.6 Å². The fourth-order valence-corrected chi connectivity index (χ4v) is 3.14. The van der Waals surface area contributed by atoms with Crippen molar-refractivity contribution in [2.75, 3.05) is 0 Å².